The summed E-state index contributed by atoms with van der Waals surface area (Å²) in [5.41, 5.74) is 0.115. The van der Waals surface area contributed by atoms with Crippen LogP contribution in [0.25, 0.3) is 5.65 Å². The predicted molar refractivity (Wildman–Crippen MR) is 73.9 cm³/mol. The van der Waals surface area contributed by atoms with Gasteiger partial charge in [-0.25, -0.2) is 9.50 Å². The number of imidazole rings is 1. The Morgan fingerprint density at radius 2 is 1.82 bits per heavy atom. The van der Waals surface area contributed by atoms with Crippen molar-refractivity contribution in [1.82, 2.24) is 14.6 Å². The summed E-state index contributed by atoms with van der Waals surface area (Å²) >= 11 is 0. The molecule has 0 saturated heterocycles. The maximum atomic E-state index is 12.2. The van der Waals surface area contributed by atoms with Crippen LogP contribution in [0.15, 0.2) is 24.5 Å². The summed E-state index contributed by atoms with van der Waals surface area (Å²) in [6.07, 6.45) is 4.32. The van der Waals surface area contributed by atoms with E-state index in [2.05, 4.69) is 10.1 Å². The third-order valence-corrected chi connectivity index (χ3v) is 5.12. The Balaban J connectivity index is 1.79. The average molecular weight is 301 g/mol. The highest BCUT2D eigenvalue weighted by Gasteiger charge is 2.84. The zero-order valence-corrected chi connectivity index (χ0v) is 12.3. The van der Waals surface area contributed by atoms with E-state index < -0.39 is 10.8 Å². The molecule has 114 valence electrons. The van der Waals surface area contributed by atoms with Crippen molar-refractivity contribution in [2.75, 3.05) is 14.2 Å². The molecule has 22 heavy (non-hydrogen) atoms. The molecule has 0 aliphatic heterocycles. The van der Waals surface area contributed by atoms with Crippen molar-refractivity contribution in [3.63, 3.8) is 0 Å². The van der Waals surface area contributed by atoms with E-state index >= 15 is 0 Å². The summed E-state index contributed by atoms with van der Waals surface area (Å²) in [5.74, 6) is -0.863. The van der Waals surface area contributed by atoms with Gasteiger partial charge in [-0.05, 0) is 25.0 Å². The quantitative estimate of drug-likeness (QED) is 0.785. The summed E-state index contributed by atoms with van der Waals surface area (Å²) in [7, 11) is 2.74. The van der Waals surface area contributed by atoms with Gasteiger partial charge in [0.15, 0.2) is 5.65 Å². The van der Waals surface area contributed by atoms with Gasteiger partial charge in [-0.2, -0.15) is 5.10 Å². The smallest absolute Gasteiger partial charge is 0.312 e. The monoisotopic (exact) mass is 301 g/mol. The molecule has 3 fully saturated rings. The van der Waals surface area contributed by atoms with Crippen LogP contribution in [0.1, 0.15) is 24.5 Å². The molecule has 0 spiro atoms. The molecule has 7 nitrogen and oxygen atoms in total. The number of carbonyl (C=O) groups excluding carboxylic acids is 2. The molecule has 3 saturated carbocycles. The molecule has 3 aliphatic carbocycles. The first-order valence-electron chi connectivity index (χ1n) is 7.04. The van der Waals surface area contributed by atoms with Crippen LogP contribution in [0.5, 0.6) is 0 Å². The fourth-order valence-electron chi connectivity index (χ4n) is 4.23. The number of hydrogen-bond donors (Lipinski definition) is 0. The second-order valence-electron chi connectivity index (χ2n) is 6.07. The van der Waals surface area contributed by atoms with Gasteiger partial charge in [0.1, 0.15) is 0 Å². The maximum Gasteiger partial charge on any atom is 0.312 e. The van der Waals surface area contributed by atoms with Gasteiger partial charge in [0.2, 0.25) is 0 Å². The van der Waals surface area contributed by atoms with Gasteiger partial charge >= 0.3 is 11.9 Å². The number of carbonyl (C=O) groups is 2. The van der Waals surface area contributed by atoms with Gasteiger partial charge in [-0.3, -0.25) is 9.59 Å². The second kappa shape index (κ2) is 4.06. The van der Waals surface area contributed by atoms with E-state index in [-0.39, 0.29) is 17.9 Å². The highest BCUT2D eigenvalue weighted by molar-refractivity contribution is 5.94. The standard InChI is InChI=1S/C15H15N3O4/c1-21-12(19)14-7-15(8-14,13(20)22-2)11(14)9-3-4-10-16-5-6-18(10)17-9/h3-6,11H,7-8H2,1-2H3. The van der Waals surface area contributed by atoms with E-state index in [4.69, 9.17) is 9.47 Å². The van der Waals surface area contributed by atoms with E-state index in [1.54, 1.807) is 16.9 Å². The molecule has 2 bridgehead atoms. The van der Waals surface area contributed by atoms with Gasteiger partial charge in [0, 0.05) is 18.3 Å². The van der Waals surface area contributed by atoms with Crippen LogP contribution < -0.4 is 0 Å². The summed E-state index contributed by atoms with van der Waals surface area (Å²) in [5, 5.41) is 4.50. The fourth-order valence-corrected chi connectivity index (χ4v) is 4.23. The molecule has 2 heterocycles. The molecule has 5 rings (SSSR count). The number of rotatable bonds is 3. The second-order valence-corrected chi connectivity index (χ2v) is 6.07. The Hall–Kier alpha value is -2.44. The lowest BCUT2D eigenvalue weighted by atomic mass is 9.28. The van der Waals surface area contributed by atoms with E-state index in [1.165, 1.54) is 14.2 Å². The summed E-state index contributed by atoms with van der Waals surface area (Å²) in [6.45, 7) is 0. The Labute approximate surface area is 126 Å². The third kappa shape index (κ3) is 1.31. The lowest BCUT2D eigenvalue weighted by molar-refractivity contribution is -0.250. The van der Waals surface area contributed by atoms with Crippen LogP contribution in [0.4, 0.5) is 0 Å². The minimum absolute atomic E-state index is 0.282. The van der Waals surface area contributed by atoms with Crippen LogP contribution in [-0.2, 0) is 19.1 Å². The summed E-state index contributed by atoms with van der Waals surface area (Å²) in [6, 6.07) is 3.65. The van der Waals surface area contributed by atoms with Gasteiger partial charge < -0.3 is 9.47 Å². The van der Waals surface area contributed by atoms with E-state index in [1.807, 2.05) is 12.1 Å². The number of esters is 2. The molecule has 0 radical (unpaired) electrons. The number of fused-ring (bicyclic) bond motifs is 1. The van der Waals surface area contributed by atoms with Gasteiger partial charge in [-0.15, -0.1) is 0 Å². The number of hydrogen-bond acceptors (Lipinski definition) is 6. The normalized spacial score (nSPS) is 32.0. The predicted octanol–water partition coefficient (Wildman–Crippen LogP) is 0.939. The molecule has 0 amide bonds. The molecule has 7 heteroatoms. The first kappa shape index (κ1) is 13.2. The number of aromatic nitrogens is 3. The van der Waals surface area contributed by atoms with Crippen LogP contribution >= 0.6 is 0 Å². The molecule has 2 aromatic heterocycles. The minimum atomic E-state index is -0.649. The molecule has 0 atom stereocenters. The lowest BCUT2D eigenvalue weighted by Crippen LogP contribution is -2.75. The highest BCUT2D eigenvalue weighted by atomic mass is 16.5. The van der Waals surface area contributed by atoms with Crippen molar-refractivity contribution >= 4 is 17.6 Å². The molecule has 0 N–H and O–H groups in total. The van der Waals surface area contributed by atoms with E-state index in [0.29, 0.717) is 18.5 Å². The third-order valence-electron chi connectivity index (χ3n) is 5.12. The number of ether oxygens (including phenoxy) is 2. The Bertz CT molecular complexity index is 763. The molecule has 0 unspecified atom stereocenters. The van der Waals surface area contributed by atoms with Crippen molar-refractivity contribution in [2.24, 2.45) is 10.8 Å². The average Bonchev–Trinajstić information content (AvgIpc) is 2.92. The molecule has 2 aromatic rings. The maximum absolute atomic E-state index is 12.2. The lowest BCUT2D eigenvalue weighted by Gasteiger charge is -2.71. The van der Waals surface area contributed by atoms with Crippen molar-refractivity contribution in [1.29, 1.82) is 0 Å². The van der Waals surface area contributed by atoms with Crippen molar-refractivity contribution in [3.05, 3.63) is 30.2 Å². The molecule has 0 aromatic carbocycles. The van der Waals surface area contributed by atoms with Crippen LogP contribution in [-0.4, -0.2) is 40.8 Å². The Kier molecular flexibility index (Phi) is 2.44. The minimum Gasteiger partial charge on any atom is -0.469 e. The number of nitrogens with zero attached hydrogens (tertiary/aromatic N) is 3. The van der Waals surface area contributed by atoms with Crippen LogP contribution in [0.3, 0.4) is 0 Å². The van der Waals surface area contributed by atoms with Gasteiger partial charge in [-0.1, -0.05) is 0 Å². The molecular formula is C15H15N3O4. The van der Waals surface area contributed by atoms with Crippen molar-refractivity contribution in [2.45, 2.75) is 18.8 Å². The van der Waals surface area contributed by atoms with E-state index in [0.717, 1.165) is 5.65 Å². The molecular weight excluding hydrogens is 286 g/mol. The highest BCUT2D eigenvalue weighted by Crippen LogP contribution is 2.81. The van der Waals surface area contributed by atoms with Crippen molar-refractivity contribution < 1.29 is 19.1 Å². The first-order chi connectivity index (χ1) is 10.6. The Morgan fingerprint density at radius 1 is 1.18 bits per heavy atom. The van der Waals surface area contributed by atoms with Crippen LogP contribution in [0, 0.1) is 10.8 Å². The Morgan fingerprint density at radius 3 is 2.41 bits per heavy atom. The van der Waals surface area contributed by atoms with Crippen LogP contribution in [0.2, 0.25) is 0 Å². The van der Waals surface area contributed by atoms with E-state index in [9.17, 15) is 9.59 Å². The largest absolute Gasteiger partial charge is 0.469 e. The summed E-state index contributed by atoms with van der Waals surface area (Å²) in [4.78, 5) is 28.5. The zero-order valence-electron chi connectivity index (χ0n) is 12.3. The van der Waals surface area contributed by atoms with Crippen molar-refractivity contribution in [3.8, 4) is 0 Å². The zero-order chi connectivity index (χ0) is 15.5. The first-order valence-corrected chi connectivity index (χ1v) is 7.04. The topological polar surface area (TPSA) is 82.8 Å². The van der Waals surface area contributed by atoms with Gasteiger partial charge in [0.05, 0.1) is 30.7 Å². The SMILES string of the molecule is COC(=O)C12CC(C(=O)OC)(C1)C2c1ccc2nccn2n1. The fraction of sp³-hybridized carbons (Fsp3) is 0.467. The number of methoxy groups -OCH3 is 2. The summed E-state index contributed by atoms with van der Waals surface area (Å²) < 4.78 is 11.5. The molecule has 3 aliphatic rings. The van der Waals surface area contributed by atoms with Gasteiger partial charge in [0.25, 0.3) is 0 Å².